The van der Waals surface area contributed by atoms with E-state index in [-0.39, 0.29) is 23.9 Å². The first-order valence-corrected chi connectivity index (χ1v) is 14.1. The number of piperidine rings is 2. The average molecular weight is 523 g/mol. The lowest BCUT2D eigenvalue weighted by atomic mass is 9.94. The highest BCUT2D eigenvalue weighted by Gasteiger charge is 2.30. The van der Waals surface area contributed by atoms with Crippen molar-refractivity contribution in [2.24, 2.45) is 5.92 Å². The Labute approximate surface area is 220 Å². The number of likely N-dealkylation sites (N-methyl/N-ethyl adjacent to an activating group) is 1. The molecule has 4 heterocycles. The summed E-state index contributed by atoms with van der Waals surface area (Å²) in [6.07, 6.45) is 6.45. The maximum Gasteiger partial charge on any atom is 0.273 e. The molecule has 0 atom stereocenters. The highest BCUT2D eigenvalue weighted by molar-refractivity contribution is 7.22. The molecule has 0 spiro atoms. The van der Waals surface area contributed by atoms with E-state index in [9.17, 15) is 14.4 Å². The van der Waals surface area contributed by atoms with Gasteiger partial charge in [0.15, 0.2) is 10.8 Å². The fraction of sp³-hybridized carbons (Fsp3) is 0.519. The van der Waals surface area contributed by atoms with E-state index in [0.717, 1.165) is 62.6 Å². The van der Waals surface area contributed by atoms with Crippen LogP contribution < -0.4 is 10.5 Å². The van der Waals surface area contributed by atoms with Crippen LogP contribution in [0.1, 0.15) is 44.6 Å². The van der Waals surface area contributed by atoms with E-state index in [2.05, 4.69) is 14.9 Å². The number of carbonyl (C=O) groups is 2. The molecule has 5 rings (SSSR count). The summed E-state index contributed by atoms with van der Waals surface area (Å²) < 4.78 is 1.84. The van der Waals surface area contributed by atoms with Gasteiger partial charge in [-0.05, 0) is 44.6 Å². The number of benzene rings is 1. The number of carbonyl (C=O) groups excluding carboxylic acids is 2. The third kappa shape index (κ3) is 5.69. The molecule has 1 aromatic carbocycles. The molecular formula is C27H34N6O3S. The monoisotopic (exact) mass is 522 g/mol. The fourth-order valence-electron chi connectivity index (χ4n) is 5.20. The Hall–Kier alpha value is -3.27. The van der Waals surface area contributed by atoms with E-state index < -0.39 is 0 Å². The quantitative estimate of drug-likeness (QED) is 0.474. The summed E-state index contributed by atoms with van der Waals surface area (Å²) in [6.45, 7) is 6.19. The number of thiazole rings is 1. The van der Waals surface area contributed by atoms with Crippen molar-refractivity contribution in [3.05, 3.63) is 52.6 Å². The number of nitrogens with zero attached hydrogens (tertiary/aromatic N) is 6. The number of aromatic nitrogens is 3. The highest BCUT2D eigenvalue weighted by atomic mass is 32.1. The minimum absolute atomic E-state index is 0.0559. The Bertz CT molecular complexity index is 1290. The predicted octanol–water partition coefficient (Wildman–Crippen LogP) is 3.13. The van der Waals surface area contributed by atoms with Gasteiger partial charge in [0.25, 0.3) is 5.56 Å². The lowest BCUT2D eigenvalue weighted by molar-refractivity contribution is -0.137. The van der Waals surface area contributed by atoms with Crippen LogP contribution in [0.3, 0.4) is 0 Å². The van der Waals surface area contributed by atoms with E-state index in [0.29, 0.717) is 29.3 Å². The molecule has 0 N–H and O–H groups in total. The molecule has 9 nitrogen and oxygen atoms in total. The number of amides is 2. The molecule has 37 heavy (non-hydrogen) atoms. The molecule has 3 aromatic rings. The van der Waals surface area contributed by atoms with E-state index in [1.165, 1.54) is 28.7 Å². The van der Waals surface area contributed by atoms with Crippen LogP contribution in [0.25, 0.3) is 10.3 Å². The summed E-state index contributed by atoms with van der Waals surface area (Å²) in [4.78, 5) is 54.0. The average Bonchev–Trinajstić information content (AvgIpc) is 3.39. The Kier molecular flexibility index (Phi) is 7.83. The lowest BCUT2D eigenvalue weighted by Crippen LogP contribution is -2.44. The fourth-order valence-corrected chi connectivity index (χ4v) is 6.22. The number of fused-ring (bicyclic) bond motifs is 1. The van der Waals surface area contributed by atoms with Gasteiger partial charge in [-0.2, -0.15) is 4.98 Å². The van der Waals surface area contributed by atoms with Gasteiger partial charge in [-0.15, -0.1) is 0 Å². The lowest BCUT2D eigenvalue weighted by Gasteiger charge is -2.35. The van der Waals surface area contributed by atoms with Crippen LogP contribution in [-0.2, 0) is 22.7 Å². The highest BCUT2D eigenvalue weighted by Crippen LogP contribution is 2.30. The molecule has 2 aliphatic heterocycles. The third-order valence-electron chi connectivity index (χ3n) is 7.41. The largest absolute Gasteiger partial charge is 0.348 e. The first-order valence-electron chi connectivity index (χ1n) is 13.2. The van der Waals surface area contributed by atoms with Gasteiger partial charge in [-0.3, -0.25) is 19.0 Å². The van der Waals surface area contributed by atoms with Crippen molar-refractivity contribution in [2.75, 3.05) is 37.6 Å². The van der Waals surface area contributed by atoms with Crippen LogP contribution in [-0.4, -0.2) is 68.9 Å². The van der Waals surface area contributed by atoms with E-state index in [1.807, 2.05) is 42.2 Å². The molecule has 2 aliphatic rings. The Balaban J connectivity index is 1.24. The molecule has 2 fully saturated rings. The molecular weight excluding hydrogens is 488 g/mol. The second-order valence-corrected chi connectivity index (χ2v) is 10.8. The topological polar surface area (TPSA) is 91.6 Å². The van der Waals surface area contributed by atoms with E-state index >= 15 is 0 Å². The summed E-state index contributed by atoms with van der Waals surface area (Å²) in [5, 5.41) is 0.756. The Morgan fingerprint density at radius 3 is 2.49 bits per heavy atom. The van der Waals surface area contributed by atoms with Gasteiger partial charge in [0, 0.05) is 45.2 Å². The molecule has 0 aliphatic carbocycles. The third-order valence-corrected chi connectivity index (χ3v) is 8.50. The maximum atomic E-state index is 13.2. The second kappa shape index (κ2) is 11.4. The van der Waals surface area contributed by atoms with Gasteiger partial charge in [0.2, 0.25) is 11.8 Å². The van der Waals surface area contributed by atoms with Crippen LogP contribution in [0.4, 0.5) is 5.13 Å². The maximum absolute atomic E-state index is 13.2. The van der Waals surface area contributed by atoms with Crippen LogP contribution in [0.2, 0.25) is 0 Å². The van der Waals surface area contributed by atoms with Crippen LogP contribution >= 0.6 is 11.3 Å². The summed E-state index contributed by atoms with van der Waals surface area (Å²) in [5.74, 6) is 0.244. The SMILES string of the molecule is CCN(Cc1ccccc1)C(=O)Cn1cnc2nc(N3CCC(C(=O)N4CCCCC4)CC3)sc2c1=O. The summed E-state index contributed by atoms with van der Waals surface area (Å²) in [6, 6.07) is 9.82. The van der Waals surface area contributed by atoms with Crippen LogP contribution in [0.5, 0.6) is 0 Å². The number of rotatable bonds is 7. The minimum Gasteiger partial charge on any atom is -0.348 e. The smallest absolute Gasteiger partial charge is 0.273 e. The molecule has 0 saturated carbocycles. The minimum atomic E-state index is -0.243. The first kappa shape index (κ1) is 25.4. The molecule has 2 amide bonds. The van der Waals surface area contributed by atoms with Crippen molar-refractivity contribution in [3.8, 4) is 0 Å². The van der Waals surface area contributed by atoms with Crippen LogP contribution in [0.15, 0.2) is 41.5 Å². The van der Waals surface area contributed by atoms with Crippen LogP contribution in [0, 0.1) is 5.92 Å². The van der Waals surface area contributed by atoms with Gasteiger partial charge in [0.1, 0.15) is 17.6 Å². The zero-order valence-corrected chi connectivity index (χ0v) is 22.2. The number of hydrogen-bond acceptors (Lipinski definition) is 7. The summed E-state index contributed by atoms with van der Waals surface area (Å²) in [7, 11) is 0. The van der Waals surface area contributed by atoms with Gasteiger partial charge in [0.05, 0.1) is 0 Å². The molecule has 0 radical (unpaired) electrons. The zero-order chi connectivity index (χ0) is 25.8. The van der Waals surface area contributed by atoms with Crippen molar-refractivity contribution in [1.82, 2.24) is 24.3 Å². The van der Waals surface area contributed by atoms with E-state index in [1.54, 1.807) is 4.90 Å². The first-order chi connectivity index (χ1) is 18.0. The number of anilines is 1. The van der Waals surface area contributed by atoms with Crippen molar-refractivity contribution >= 4 is 38.6 Å². The van der Waals surface area contributed by atoms with Crippen molar-refractivity contribution in [3.63, 3.8) is 0 Å². The molecule has 10 heteroatoms. The van der Waals surface area contributed by atoms with Gasteiger partial charge in [-0.25, -0.2) is 4.98 Å². The second-order valence-electron chi connectivity index (χ2n) is 9.87. The molecule has 2 aromatic heterocycles. The standard InChI is InChI=1S/C27H34N6O3S/c1-2-30(17-20-9-5-3-6-10-20)22(34)18-33-19-28-24-23(26(33)36)37-27(29-24)32-15-11-21(12-16-32)25(35)31-13-7-4-8-14-31/h3,5-6,9-10,19,21H,2,4,7-8,11-18H2,1H3. The van der Waals surface area contributed by atoms with Gasteiger partial charge < -0.3 is 14.7 Å². The number of hydrogen-bond donors (Lipinski definition) is 0. The van der Waals surface area contributed by atoms with E-state index in [4.69, 9.17) is 0 Å². The van der Waals surface area contributed by atoms with Gasteiger partial charge in [-0.1, -0.05) is 41.7 Å². The summed E-state index contributed by atoms with van der Waals surface area (Å²) >= 11 is 1.32. The van der Waals surface area contributed by atoms with Crippen molar-refractivity contribution in [2.45, 2.75) is 52.1 Å². The summed E-state index contributed by atoms with van der Waals surface area (Å²) in [5.41, 5.74) is 1.22. The molecule has 0 bridgehead atoms. The molecule has 2 saturated heterocycles. The zero-order valence-electron chi connectivity index (χ0n) is 21.3. The predicted molar refractivity (Wildman–Crippen MR) is 145 cm³/mol. The Morgan fingerprint density at radius 1 is 1.05 bits per heavy atom. The normalized spacial score (nSPS) is 16.8. The molecule has 0 unspecified atom stereocenters. The Morgan fingerprint density at radius 2 is 1.78 bits per heavy atom. The van der Waals surface area contributed by atoms with Crippen molar-refractivity contribution in [1.29, 1.82) is 0 Å². The molecule has 196 valence electrons. The number of likely N-dealkylation sites (tertiary alicyclic amines) is 1. The van der Waals surface area contributed by atoms with Crippen molar-refractivity contribution < 1.29 is 9.59 Å². The van der Waals surface area contributed by atoms with Gasteiger partial charge >= 0.3 is 0 Å².